The highest BCUT2D eigenvalue weighted by molar-refractivity contribution is 6.29. The van der Waals surface area contributed by atoms with Gasteiger partial charge < -0.3 is 5.32 Å². The first-order valence-electron chi connectivity index (χ1n) is 5.52. The minimum atomic E-state index is -0.150. The van der Waals surface area contributed by atoms with Crippen LogP contribution in [-0.4, -0.2) is 27.2 Å². The van der Waals surface area contributed by atoms with Crippen LogP contribution < -0.4 is 5.32 Å². The molecule has 0 bridgehead atoms. The molecule has 1 amide bonds. The van der Waals surface area contributed by atoms with Crippen LogP contribution in [0.4, 0.5) is 0 Å². The Morgan fingerprint density at radius 3 is 3.06 bits per heavy atom. The predicted octanol–water partition coefficient (Wildman–Crippen LogP) is 1.44. The van der Waals surface area contributed by atoms with Crippen LogP contribution in [0.25, 0.3) is 0 Å². The van der Waals surface area contributed by atoms with Crippen LogP contribution in [0.15, 0.2) is 30.7 Å². The van der Waals surface area contributed by atoms with E-state index in [-0.39, 0.29) is 5.91 Å². The first kappa shape index (κ1) is 12.6. The third-order valence-corrected chi connectivity index (χ3v) is 2.65. The molecule has 0 aliphatic carbocycles. The summed E-state index contributed by atoms with van der Waals surface area (Å²) >= 11 is 5.72. The lowest BCUT2D eigenvalue weighted by Crippen LogP contribution is -2.25. The highest BCUT2D eigenvalue weighted by atomic mass is 35.5. The molecule has 2 heterocycles. The normalized spacial score (nSPS) is 10.3. The molecular formula is C12H13ClN4O. The quantitative estimate of drug-likeness (QED) is 0.850. The smallest absolute Gasteiger partial charge is 0.251 e. The van der Waals surface area contributed by atoms with Crippen molar-refractivity contribution in [3.8, 4) is 0 Å². The number of aromatic nitrogens is 3. The summed E-state index contributed by atoms with van der Waals surface area (Å²) in [7, 11) is 1.86. The molecule has 2 aromatic heterocycles. The van der Waals surface area contributed by atoms with E-state index in [1.165, 1.54) is 6.20 Å². The third-order valence-electron chi connectivity index (χ3n) is 2.45. The van der Waals surface area contributed by atoms with Gasteiger partial charge >= 0.3 is 0 Å². The van der Waals surface area contributed by atoms with Gasteiger partial charge in [-0.2, -0.15) is 5.10 Å². The molecule has 0 aliphatic rings. The van der Waals surface area contributed by atoms with E-state index in [4.69, 9.17) is 11.6 Å². The second kappa shape index (κ2) is 5.64. The molecule has 5 nitrogen and oxygen atoms in total. The average molecular weight is 265 g/mol. The monoisotopic (exact) mass is 264 g/mol. The van der Waals surface area contributed by atoms with Gasteiger partial charge in [0, 0.05) is 31.5 Å². The molecule has 0 saturated carbocycles. The molecule has 0 saturated heterocycles. The maximum atomic E-state index is 11.8. The van der Waals surface area contributed by atoms with Gasteiger partial charge in [0.05, 0.1) is 6.20 Å². The van der Waals surface area contributed by atoms with Crippen LogP contribution in [0.1, 0.15) is 15.9 Å². The van der Waals surface area contributed by atoms with Gasteiger partial charge in [0.15, 0.2) is 0 Å². The molecule has 0 spiro atoms. The number of pyridine rings is 1. The number of halogens is 1. The number of carbonyl (C=O) groups excluding carboxylic acids is 1. The van der Waals surface area contributed by atoms with Crippen molar-refractivity contribution in [1.29, 1.82) is 0 Å². The highest BCUT2D eigenvalue weighted by Gasteiger charge is 2.05. The van der Waals surface area contributed by atoms with E-state index in [0.29, 0.717) is 17.3 Å². The first-order chi connectivity index (χ1) is 8.65. The van der Waals surface area contributed by atoms with Gasteiger partial charge in [0.25, 0.3) is 5.91 Å². The van der Waals surface area contributed by atoms with Gasteiger partial charge in [-0.1, -0.05) is 11.6 Å². The van der Waals surface area contributed by atoms with Gasteiger partial charge in [0.1, 0.15) is 5.15 Å². The second-order valence-electron chi connectivity index (χ2n) is 3.90. The van der Waals surface area contributed by atoms with E-state index < -0.39 is 0 Å². The molecular weight excluding hydrogens is 252 g/mol. The molecule has 0 fully saturated rings. The van der Waals surface area contributed by atoms with Crippen molar-refractivity contribution in [2.24, 2.45) is 7.05 Å². The van der Waals surface area contributed by atoms with Crippen LogP contribution in [0, 0.1) is 0 Å². The zero-order valence-electron chi connectivity index (χ0n) is 9.93. The van der Waals surface area contributed by atoms with Gasteiger partial charge in [-0.05, 0) is 24.1 Å². The molecule has 2 rings (SSSR count). The number of rotatable bonds is 4. The number of nitrogens with one attached hydrogen (secondary N) is 1. The fourth-order valence-electron chi connectivity index (χ4n) is 1.57. The Morgan fingerprint density at radius 2 is 2.39 bits per heavy atom. The Kier molecular flexibility index (Phi) is 3.94. The molecule has 0 atom stereocenters. The summed E-state index contributed by atoms with van der Waals surface area (Å²) < 4.78 is 1.74. The Morgan fingerprint density at radius 1 is 1.56 bits per heavy atom. The summed E-state index contributed by atoms with van der Waals surface area (Å²) in [4.78, 5) is 15.6. The highest BCUT2D eigenvalue weighted by Crippen LogP contribution is 2.06. The molecule has 0 aliphatic heterocycles. The molecule has 6 heteroatoms. The zero-order chi connectivity index (χ0) is 13.0. The number of nitrogens with zero attached hydrogens (tertiary/aromatic N) is 3. The number of carbonyl (C=O) groups is 1. The maximum Gasteiger partial charge on any atom is 0.251 e. The van der Waals surface area contributed by atoms with E-state index in [1.54, 1.807) is 23.0 Å². The molecule has 0 aromatic carbocycles. The number of hydrogen-bond acceptors (Lipinski definition) is 3. The lowest BCUT2D eigenvalue weighted by molar-refractivity contribution is 0.0954. The van der Waals surface area contributed by atoms with Gasteiger partial charge in [-0.3, -0.25) is 9.48 Å². The predicted molar refractivity (Wildman–Crippen MR) is 68.5 cm³/mol. The van der Waals surface area contributed by atoms with E-state index in [0.717, 1.165) is 12.0 Å². The van der Waals surface area contributed by atoms with E-state index in [9.17, 15) is 4.79 Å². The summed E-state index contributed by atoms with van der Waals surface area (Å²) in [5.74, 6) is -0.150. The SMILES string of the molecule is Cn1cc(CCNC(=O)c2ccnc(Cl)c2)cn1. The standard InChI is InChI=1S/C12H13ClN4O/c1-17-8-9(7-16-17)2-4-15-12(18)10-3-5-14-11(13)6-10/h3,5-8H,2,4H2,1H3,(H,15,18). The molecule has 1 N–H and O–H groups in total. The summed E-state index contributed by atoms with van der Waals surface area (Å²) in [5, 5.41) is 7.20. The van der Waals surface area contributed by atoms with E-state index in [1.807, 2.05) is 13.2 Å². The van der Waals surface area contributed by atoms with Gasteiger partial charge in [-0.15, -0.1) is 0 Å². The van der Waals surface area contributed by atoms with Gasteiger partial charge in [0.2, 0.25) is 0 Å². The Hall–Kier alpha value is -1.88. The number of amides is 1. The first-order valence-corrected chi connectivity index (χ1v) is 5.90. The lowest BCUT2D eigenvalue weighted by Gasteiger charge is -2.04. The fourth-order valence-corrected chi connectivity index (χ4v) is 1.74. The van der Waals surface area contributed by atoms with Crippen molar-refractivity contribution < 1.29 is 4.79 Å². The fraction of sp³-hybridized carbons (Fsp3) is 0.250. The van der Waals surface area contributed by atoms with Crippen LogP contribution in [-0.2, 0) is 13.5 Å². The molecule has 2 aromatic rings. The molecule has 0 unspecified atom stereocenters. The Balaban J connectivity index is 1.85. The van der Waals surface area contributed by atoms with Crippen LogP contribution >= 0.6 is 11.6 Å². The Bertz CT molecular complexity index is 553. The van der Waals surface area contributed by atoms with E-state index >= 15 is 0 Å². The van der Waals surface area contributed by atoms with Gasteiger partial charge in [-0.25, -0.2) is 4.98 Å². The minimum absolute atomic E-state index is 0.150. The molecule has 0 radical (unpaired) electrons. The van der Waals surface area contributed by atoms with Crippen LogP contribution in [0.3, 0.4) is 0 Å². The summed E-state index contributed by atoms with van der Waals surface area (Å²) in [6.45, 7) is 0.560. The van der Waals surface area contributed by atoms with Crippen molar-refractivity contribution >= 4 is 17.5 Å². The lowest BCUT2D eigenvalue weighted by atomic mass is 10.2. The van der Waals surface area contributed by atoms with Crippen LogP contribution in [0.2, 0.25) is 5.15 Å². The Labute approximate surface area is 110 Å². The van der Waals surface area contributed by atoms with Crippen molar-refractivity contribution in [2.75, 3.05) is 6.54 Å². The zero-order valence-corrected chi connectivity index (χ0v) is 10.7. The maximum absolute atomic E-state index is 11.8. The molecule has 94 valence electrons. The van der Waals surface area contributed by atoms with Crippen molar-refractivity contribution in [1.82, 2.24) is 20.1 Å². The summed E-state index contributed by atoms with van der Waals surface area (Å²) in [5.41, 5.74) is 1.60. The average Bonchev–Trinajstić information content (AvgIpc) is 2.75. The van der Waals surface area contributed by atoms with Crippen molar-refractivity contribution in [3.63, 3.8) is 0 Å². The number of aryl methyl sites for hydroxylation is 1. The minimum Gasteiger partial charge on any atom is -0.352 e. The largest absolute Gasteiger partial charge is 0.352 e. The van der Waals surface area contributed by atoms with Crippen molar-refractivity contribution in [3.05, 3.63) is 47.0 Å². The molecule has 18 heavy (non-hydrogen) atoms. The van der Waals surface area contributed by atoms with Crippen LogP contribution in [0.5, 0.6) is 0 Å². The van der Waals surface area contributed by atoms with E-state index in [2.05, 4.69) is 15.4 Å². The topological polar surface area (TPSA) is 59.8 Å². The third kappa shape index (κ3) is 3.30. The second-order valence-corrected chi connectivity index (χ2v) is 4.28. The van der Waals surface area contributed by atoms with Crippen molar-refractivity contribution in [2.45, 2.75) is 6.42 Å². The summed E-state index contributed by atoms with van der Waals surface area (Å²) in [6.07, 6.45) is 5.97. The summed E-state index contributed by atoms with van der Waals surface area (Å²) in [6, 6.07) is 3.17. The number of hydrogen-bond donors (Lipinski definition) is 1.